The molecule has 0 rings (SSSR count). The quantitative estimate of drug-likeness (QED) is 0.288. The molecule has 0 radical (unpaired) electrons. The van der Waals surface area contributed by atoms with Crippen molar-refractivity contribution in [1.29, 1.82) is 0 Å². The maximum atomic E-state index is 7.17. The van der Waals surface area contributed by atoms with Crippen LogP contribution in [-0.4, -0.2) is 65.6 Å². The fourth-order valence-corrected chi connectivity index (χ4v) is 0. The Morgan fingerprint density at radius 1 is 1.00 bits per heavy atom. The van der Waals surface area contributed by atoms with E-state index in [9.17, 15) is 0 Å². The van der Waals surface area contributed by atoms with Crippen LogP contribution >= 0.6 is 0 Å². The van der Waals surface area contributed by atoms with Crippen molar-refractivity contribution in [2.45, 2.75) is 0 Å². The van der Waals surface area contributed by atoms with Crippen molar-refractivity contribution in [3.8, 4) is 0 Å². The van der Waals surface area contributed by atoms with Gasteiger partial charge >= 0.3 is 45.1 Å². The molecule has 0 amide bonds. The van der Waals surface area contributed by atoms with E-state index in [-0.39, 0.29) is 43.2 Å². The summed E-state index contributed by atoms with van der Waals surface area (Å²) in [6.07, 6.45) is 0. The molecule has 0 aromatic carbocycles. The van der Waals surface area contributed by atoms with Gasteiger partial charge in [-0.05, 0) is 0 Å². The zero-order valence-electron chi connectivity index (χ0n) is 2.42. The first-order valence-electron chi connectivity index (χ1n) is 0.775. The molecule has 0 fully saturated rings. The van der Waals surface area contributed by atoms with Crippen LogP contribution in [0.5, 0.6) is 0 Å². The zero-order chi connectivity index (χ0) is 3.58. The van der Waals surface area contributed by atoms with Crippen LogP contribution in [0.2, 0.25) is 0 Å². The van der Waals surface area contributed by atoms with E-state index < -0.39 is 7.32 Å². The Balaban J connectivity index is -0.0000000450. The predicted molar refractivity (Wildman–Crippen MR) is 24.6 cm³/mol. The van der Waals surface area contributed by atoms with E-state index >= 15 is 0 Å². The van der Waals surface area contributed by atoms with Crippen LogP contribution in [0.15, 0.2) is 0 Å². The van der Waals surface area contributed by atoms with Gasteiger partial charge in [0.1, 0.15) is 0 Å². The predicted octanol–water partition coefficient (Wildman–Crippen LogP) is -3.79. The second-order valence-corrected chi connectivity index (χ2v) is 0.346. The van der Waals surface area contributed by atoms with Crippen molar-refractivity contribution in [1.82, 2.24) is 0 Å². The Kier molecular flexibility index (Phi) is 24.8. The first kappa shape index (κ1) is 15.7. The van der Waals surface area contributed by atoms with Gasteiger partial charge in [0.25, 0.3) is 0 Å². The molecule has 0 aromatic rings. The number of hydrogen-bond acceptors (Lipinski definition) is 3. The fourth-order valence-electron chi connectivity index (χ4n) is 0. The molecule has 4 nitrogen and oxygen atoms in total. The molecule has 0 aliphatic rings. The van der Waals surface area contributed by atoms with E-state index in [1.165, 1.54) is 0 Å². The molecule has 0 heterocycles. The van der Waals surface area contributed by atoms with Crippen LogP contribution in [0, 0.1) is 0 Å². The summed E-state index contributed by atoms with van der Waals surface area (Å²) in [5, 5.41) is 21.5. The van der Waals surface area contributed by atoms with Gasteiger partial charge in [0.05, 0.1) is 0 Å². The molecular formula is H7BCaO4. The van der Waals surface area contributed by atoms with Gasteiger partial charge in [-0.2, -0.15) is 0 Å². The van der Waals surface area contributed by atoms with Crippen molar-refractivity contribution >= 4 is 45.1 Å². The van der Waals surface area contributed by atoms with Crippen molar-refractivity contribution in [2.75, 3.05) is 0 Å². The summed E-state index contributed by atoms with van der Waals surface area (Å²) in [5.41, 5.74) is 0. The van der Waals surface area contributed by atoms with E-state index in [1.54, 1.807) is 0 Å². The Labute approximate surface area is 65.3 Å². The van der Waals surface area contributed by atoms with Crippen LogP contribution in [0.1, 0.15) is 0 Å². The average molecular weight is 122 g/mol. The number of hydrogen-bond donors (Lipinski definition) is 3. The van der Waals surface area contributed by atoms with Crippen LogP contribution in [0.4, 0.5) is 0 Å². The zero-order valence-corrected chi connectivity index (χ0v) is 2.42. The first-order chi connectivity index (χ1) is 1.73. The van der Waals surface area contributed by atoms with Gasteiger partial charge in [0.15, 0.2) is 0 Å². The van der Waals surface area contributed by atoms with Crippen molar-refractivity contribution in [3.05, 3.63) is 0 Å². The third-order valence-corrected chi connectivity index (χ3v) is 0. The van der Waals surface area contributed by atoms with Crippen LogP contribution < -0.4 is 0 Å². The number of rotatable bonds is 0. The van der Waals surface area contributed by atoms with Crippen molar-refractivity contribution in [3.63, 3.8) is 0 Å². The normalized spacial score (nSPS) is 4.50. The molecule has 0 aliphatic heterocycles. The van der Waals surface area contributed by atoms with Gasteiger partial charge in [-0.1, -0.05) is 0 Å². The minimum atomic E-state index is -2.17. The summed E-state index contributed by atoms with van der Waals surface area (Å²) in [7, 11) is -2.17. The van der Waals surface area contributed by atoms with Crippen LogP contribution in [0.3, 0.4) is 0 Å². The molecule has 0 unspecified atom stereocenters. The molecule has 6 heavy (non-hydrogen) atoms. The van der Waals surface area contributed by atoms with Gasteiger partial charge in [-0.3, -0.25) is 0 Å². The van der Waals surface area contributed by atoms with E-state index in [4.69, 9.17) is 15.1 Å². The molecule has 0 saturated heterocycles. The van der Waals surface area contributed by atoms with Gasteiger partial charge in [0.2, 0.25) is 0 Å². The molecule has 5 N–H and O–H groups in total. The Morgan fingerprint density at radius 2 is 1.00 bits per heavy atom. The van der Waals surface area contributed by atoms with Gasteiger partial charge < -0.3 is 20.5 Å². The second kappa shape index (κ2) is 9.48. The van der Waals surface area contributed by atoms with E-state index in [1.807, 2.05) is 0 Å². The standard InChI is InChI=1S/BH3O3.Ca.H2O.2H/c2-1(3)4;;;;/h2-4H;;1H2;;. The summed E-state index contributed by atoms with van der Waals surface area (Å²) in [5.74, 6) is 0. The fraction of sp³-hybridized carbons (Fsp3) is 0. The summed E-state index contributed by atoms with van der Waals surface area (Å²) in [4.78, 5) is 0. The van der Waals surface area contributed by atoms with Crippen LogP contribution in [-0.2, 0) is 0 Å². The molecule has 0 spiro atoms. The molecule has 0 saturated carbocycles. The minimum absolute atomic E-state index is 0. The monoisotopic (exact) mass is 122 g/mol. The molecule has 0 aromatic heterocycles. The molecule has 0 bridgehead atoms. The van der Waals surface area contributed by atoms with Crippen molar-refractivity contribution < 1.29 is 20.5 Å². The second-order valence-electron chi connectivity index (χ2n) is 0.346. The third-order valence-electron chi connectivity index (χ3n) is 0. The Morgan fingerprint density at radius 3 is 1.00 bits per heavy atom. The first-order valence-corrected chi connectivity index (χ1v) is 0.775. The molecular weight excluding hydrogens is 115 g/mol. The van der Waals surface area contributed by atoms with Gasteiger partial charge in [-0.15, -0.1) is 0 Å². The Hall–Kier alpha value is 1.16. The molecule has 6 heteroatoms. The van der Waals surface area contributed by atoms with E-state index in [0.717, 1.165) is 0 Å². The molecule has 0 atom stereocenters. The third kappa shape index (κ3) is 66.0. The van der Waals surface area contributed by atoms with Crippen LogP contribution in [0.25, 0.3) is 0 Å². The summed E-state index contributed by atoms with van der Waals surface area (Å²) < 4.78 is 0. The summed E-state index contributed by atoms with van der Waals surface area (Å²) >= 11 is 0. The molecule has 0 aliphatic carbocycles. The summed E-state index contributed by atoms with van der Waals surface area (Å²) in [6.45, 7) is 0. The van der Waals surface area contributed by atoms with Crippen molar-refractivity contribution in [2.24, 2.45) is 0 Å². The van der Waals surface area contributed by atoms with E-state index in [0.29, 0.717) is 0 Å². The topological polar surface area (TPSA) is 92.2 Å². The Bertz CT molecular complexity index is 12.3. The molecule has 36 valence electrons. The van der Waals surface area contributed by atoms with E-state index in [2.05, 4.69) is 0 Å². The maximum absolute atomic E-state index is 7.17. The van der Waals surface area contributed by atoms with Gasteiger partial charge in [0, 0.05) is 0 Å². The SMILES string of the molecule is O.OB(O)O.[CaH2]. The summed E-state index contributed by atoms with van der Waals surface area (Å²) in [6, 6.07) is 0. The average Bonchev–Trinajstić information content (AvgIpc) is 0.811. The van der Waals surface area contributed by atoms with Gasteiger partial charge in [-0.25, -0.2) is 0 Å².